The molecule has 5 nitrogen and oxygen atoms in total. The number of rotatable bonds is 9. The van der Waals surface area contributed by atoms with E-state index in [9.17, 15) is 0 Å². The molecule has 1 N–H and O–H groups in total. The van der Waals surface area contributed by atoms with Gasteiger partial charge in [0, 0.05) is 39.9 Å². The van der Waals surface area contributed by atoms with Crippen molar-refractivity contribution in [1.82, 2.24) is 10.2 Å². The summed E-state index contributed by atoms with van der Waals surface area (Å²) in [6.45, 7) is 8.06. The Morgan fingerprint density at radius 3 is 2.48 bits per heavy atom. The fourth-order valence-electron chi connectivity index (χ4n) is 2.05. The summed E-state index contributed by atoms with van der Waals surface area (Å²) in [5, 5.41) is 3.33. The average molecular weight is 435 g/mol. The van der Waals surface area contributed by atoms with Crippen molar-refractivity contribution >= 4 is 29.9 Å². The molecule has 132 valence electrons. The lowest BCUT2D eigenvalue weighted by atomic mass is 10.2. The van der Waals surface area contributed by atoms with E-state index >= 15 is 0 Å². The van der Waals surface area contributed by atoms with Crippen LogP contribution in [0.5, 0.6) is 5.75 Å². The number of benzene rings is 1. The van der Waals surface area contributed by atoms with Gasteiger partial charge < -0.3 is 19.7 Å². The number of nitrogens with zero attached hydrogens (tertiary/aromatic N) is 2. The molecule has 6 heteroatoms. The highest BCUT2D eigenvalue weighted by atomic mass is 127. The van der Waals surface area contributed by atoms with E-state index in [4.69, 9.17) is 9.47 Å². The summed E-state index contributed by atoms with van der Waals surface area (Å²) in [5.74, 6) is 1.80. The number of hydrogen-bond acceptors (Lipinski definition) is 3. The van der Waals surface area contributed by atoms with Crippen molar-refractivity contribution in [3.8, 4) is 5.75 Å². The zero-order chi connectivity index (χ0) is 16.2. The van der Waals surface area contributed by atoms with Gasteiger partial charge >= 0.3 is 0 Å². The van der Waals surface area contributed by atoms with Crippen LogP contribution in [0.2, 0.25) is 0 Å². The van der Waals surface area contributed by atoms with Crippen LogP contribution in [0.3, 0.4) is 0 Å². The fourth-order valence-corrected chi connectivity index (χ4v) is 2.05. The number of guanidine groups is 1. The van der Waals surface area contributed by atoms with Crippen LogP contribution in [0.4, 0.5) is 0 Å². The zero-order valence-corrected chi connectivity index (χ0v) is 17.0. The van der Waals surface area contributed by atoms with E-state index in [2.05, 4.69) is 34.3 Å². The summed E-state index contributed by atoms with van der Waals surface area (Å²) in [6.07, 6.45) is 0.944. The van der Waals surface area contributed by atoms with Crippen LogP contribution in [-0.2, 0) is 11.3 Å². The van der Waals surface area contributed by atoms with Gasteiger partial charge in [-0.3, -0.25) is 4.99 Å². The minimum absolute atomic E-state index is 0. The molecule has 0 aromatic heterocycles. The number of hydrogen-bond donors (Lipinski definition) is 1. The first kappa shape index (κ1) is 22.0. The molecule has 1 rings (SSSR count). The number of halogens is 1. The Kier molecular flexibility index (Phi) is 12.8. The summed E-state index contributed by atoms with van der Waals surface area (Å²) in [7, 11) is 3.73. The van der Waals surface area contributed by atoms with Gasteiger partial charge in [0.05, 0.1) is 7.11 Å². The Morgan fingerprint density at radius 1 is 1.22 bits per heavy atom. The van der Waals surface area contributed by atoms with E-state index in [0.29, 0.717) is 0 Å². The molecule has 0 fully saturated rings. The smallest absolute Gasteiger partial charge is 0.193 e. The lowest BCUT2D eigenvalue weighted by Crippen LogP contribution is -2.38. The van der Waals surface area contributed by atoms with E-state index in [-0.39, 0.29) is 24.0 Å². The molecule has 0 spiro atoms. The van der Waals surface area contributed by atoms with Crippen molar-refractivity contribution in [2.45, 2.75) is 26.8 Å². The monoisotopic (exact) mass is 435 g/mol. The van der Waals surface area contributed by atoms with Gasteiger partial charge in [-0.2, -0.15) is 0 Å². The molecule has 23 heavy (non-hydrogen) atoms. The molecule has 0 saturated carbocycles. The molecule has 0 atom stereocenters. The van der Waals surface area contributed by atoms with Crippen LogP contribution in [0.25, 0.3) is 0 Å². The van der Waals surface area contributed by atoms with Gasteiger partial charge in [0.1, 0.15) is 5.75 Å². The van der Waals surface area contributed by atoms with E-state index < -0.39 is 0 Å². The van der Waals surface area contributed by atoms with Crippen LogP contribution < -0.4 is 10.1 Å². The molecule has 0 aliphatic carbocycles. The van der Waals surface area contributed by atoms with E-state index in [1.807, 2.05) is 26.1 Å². The second-order valence-electron chi connectivity index (χ2n) is 4.99. The summed E-state index contributed by atoms with van der Waals surface area (Å²) in [5.41, 5.74) is 1.23. The summed E-state index contributed by atoms with van der Waals surface area (Å²) < 4.78 is 10.5. The number of nitrogens with one attached hydrogen (secondary N) is 1. The van der Waals surface area contributed by atoms with Crippen molar-refractivity contribution in [2.75, 3.05) is 40.5 Å². The third kappa shape index (κ3) is 9.00. The molecule has 0 radical (unpaired) electrons. The van der Waals surface area contributed by atoms with Gasteiger partial charge in [-0.05, 0) is 38.0 Å². The Morgan fingerprint density at radius 2 is 1.91 bits per heavy atom. The molecule has 1 aromatic rings. The Hall–Kier alpha value is -1.02. The van der Waals surface area contributed by atoms with Gasteiger partial charge in [-0.25, -0.2) is 0 Å². The predicted molar refractivity (Wildman–Crippen MR) is 107 cm³/mol. The zero-order valence-electron chi connectivity index (χ0n) is 14.7. The molecule has 0 bridgehead atoms. The lowest BCUT2D eigenvalue weighted by molar-refractivity contribution is 0.146. The maximum absolute atomic E-state index is 5.34. The maximum Gasteiger partial charge on any atom is 0.193 e. The number of methoxy groups -OCH3 is 1. The van der Waals surface area contributed by atoms with Gasteiger partial charge in [-0.1, -0.05) is 12.1 Å². The van der Waals surface area contributed by atoms with E-state index in [0.717, 1.165) is 51.0 Å². The highest BCUT2D eigenvalue weighted by Gasteiger charge is 2.06. The lowest BCUT2D eigenvalue weighted by Gasteiger charge is -2.22. The topological polar surface area (TPSA) is 46.1 Å². The normalized spacial score (nSPS) is 10.9. The Labute approximate surface area is 157 Å². The molecular weight excluding hydrogens is 405 g/mol. The predicted octanol–water partition coefficient (Wildman–Crippen LogP) is 3.14. The van der Waals surface area contributed by atoms with Gasteiger partial charge in [0.15, 0.2) is 5.96 Å². The molecule has 0 unspecified atom stereocenters. The Balaban J connectivity index is 0.00000484. The number of aliphatic imine (C=N–C) groups is 1. The quantitative estimate of drug-likeness (QED) is 0.280. The third-order valence-corrected chi connectivity index (χ3v) is 3.19. The molecule has 0 aliphatic heterocycles. The van der Waals surface area contributed by atoms with Crippen molar-refractivity contribution in [1.29, 1.82) is 0 Å². The second-order valence-corrected chi connectivity index (χ2v) is 4.99. The van der Waals surface area contributed by atoms with Crippen LogP contribution in [0, 0.1) is 0 Å². The average Bonchev–Trinajstić information content (AvgIpc) is 2.54. The van der Waals surface area contributed by atoms with Crippen molar-refractivity contribution in [3.63, 3.8) is 0 Å². The molecule has 0 saturated heterocycles. The summed E-state index contributed by atoms with van der Waals surface area (Å²) >= 11 is 0. The highest BCUT2D eigenvalue weighted by molar-refractivity contribution is 14.0. The summed E-state index contributed by atoms with van der Waals surface area (Å²) in [4.78, 5) is 6.77. The first-order chi connectivity index (χ1) is 10.7. The Bertz CT molecular complexity index is 438. The highest BCUT2D eigenvalue weighted by Crippen LogP contribution is 2.12. The molecular formula is C17H30IN3O2. The standard InChI is InChI=1S/C17H29N3O2.HI/c1-5-18-17(19-12-7-13-22-6-2)20(3)14-15-8-10-16(21-4)11-9-15;/h8-11H,5-7,12-14H2,1-4H3,(H,18,19);1H. The SMILES string of the molecule is CCNC(=NCCCOCC)N(C)Cc1ccc(OC)cc1.I. The second kappa shape index (κ2) is 13.4. The molecule has 0 aliphatic rings. The van der Waals surface area contributed by atoms with Gasteiger partial charge in [-0.15, -0.1) is 24.0 Å². The summed E-state index contributed by atoms with van der Waals surface area (Å²) in [6, 6.07) is 8.12. The van der Waals surface area contributed by atoms with Crippen LogP contribution in [0.15, 0.2) is 29.3 Å². The molecule has 1 aromatic carbocycles. The first-order valence-corrected chi connectivity index (χ1v) is 7.91. The minimum atomic E-state index is 0. The van der Waals surface area contributed by atoms with Crippen molar-refractivity contribution < 1.29 is 9.47 Å². The third-order valence-electron chi connectivity index (χ3n) is 3.19. The van der Waals surface area contributed by atoms with Crippen molar-refractivity contribution in [3.05, 3.63) is 29.8 Å². The van der Waals surface area contributed by atoms with Gasteiger partial charge in [0.25, 0.3) is 0 Å². The van der Waals surface area contributed by atoms with Crippen molar-refractivity contribution in [2.24, 2.45) is 4.99 Å². The fraction of sp³-hybridized carbons (Fsp3) is 0.588. The van der Waals surface area contributed by atoms with E-state index in [1.54, 1.807) is 7.11 Å². The first-order valence-electron chi connectivity index (χ1n) is 7.91. The van der Waals surface area contributed by atoms with E-state index in [1.165, 1.54) is 5.56 Å². The maximum atomic E-state index is 5.34. The van der Waals surface area contributed by atoms with Gasteiger partial charge in [0.2, 0.25) is 0 Å². The largest absolute Gasteiger partial charge is 0.497 e. The van der Waals surface area contributed by atoms with Crippen LogP contribution >= 0.6 is 24.0 Å². The number of ether oxygens (including phenoxy) is 2. The molecule has 0 heterocycles. The van der Waals surface area contributed by atoms with Crippen LogP contribution in [0.1, 0.15) is 25.8 Å². The minimum Gasteiger partial charge on any atom is -0.497 e. The van der Waals surface area contributed by atoms with Crippen LogP contribution in [-0.4, -0.2) is 51.3 Å². The molecule has 0 amide bonds.